The minimum atomic E-state index is -1.02. The third kappa shape index (κ3) is 3.50. The van der Waals surface area contributed by atoms with E-state index in [0.717, 1.165) is 3.57 Å². The van der Waals surface area contributed by atoms with Crippen molar-refractivity contribution in [2.75, 3.05) is 0 Å². The van der Waals surface area contributed by atoms with Gasteiger partial charge >= 0.3 is 0 Å². The monoisotopic (exact) mass is 391 g/mol. The second-order valence-electron chi connectivity index (χ2n) is 4.04. The van der Waals surface area contributed by atoms with Crippen LogP contribution in [0.5, 0.6) is 0 Å². The van der Waals surface area contributed by atoms with Crippen molar-refractivity contribution in [3.63, 3.8) is 0 Å². The number of carbonyl (C=O) groups excluding carboxylic acids is 1. The van der Waals surface area contributed by atoms with Crippen LogP contribution >= 0.6 is 22.6 Å². The Morgan fingerprint density at radius 3 is 2.15 bits per heavy atom. The van der Waals surface area contributed by atoms with Crippen molar-refractivity contribution >= 4 is 28.5 Å². The molecule has 0 aliphatic carbocycles. The van der Waals surface area contributed by atoms with E-state index in [9.17, 15) is 18.0 Å². The average Bonchev–Trinajstić information content (AvgIpc) is 2.38. The highest BCUT2D eigenvalue weighted by Gasteiger charge is 2.13. The van der Waals surface area contributed by atoms with E-state index >= 15 is 0 Å². The lowest BCUT2D eigenvalue weighted by Gasteiger charge is -2.08. The van der Waals surface area contributed by atoms with E-state index in [4.69, 9.17) is 0 Å². The summed E-state index contributed by atoms with van der Waals surface area (Å²) in [6.45, 7) is -0.344. The minimum Gasteiger partial charge on any atom is -0.348 e. The largest absolute Gasteiger partial charge is 0.348 e. The SMILES string of the molecule is O=C(NCc1c(F)cc(F)cc1F)c1ccc(I)cc1. The van der Waals surface area contributed by atoms with Crippen LogP contribution in [0.15, 0.2) is 36.4 Å². The first-order valence-corrected chi connectivity index (χ1v) is 6.72. The van der Waals surface area contributed by atoms with E-state index in [1.165, 1.54) is 0 Å². The highest BCUT2D eigenvalue weighted by atomic mass is 127. The maximum atomic E-state index is 13.4. The summed E-state index contributed by atoms with van der Waals surface area (Å²) < 4.78 is 40.5. The lowest BCUT2D eigenvalue weighted by molar-refractivity contribution is 0.0950. The minimum absolute atomic E-state index is 0.344. The molecule has 2 nitrogen and oxygen atoms in total. The Balaban J connectivity index is 2.09. The van der Waals surface area contributed by atoms with Crippen molar-refractivity contribution in [2.24, 2.45) is 0 Å². The summed E-state index contributed by atoms with van der Waals surface area (Å²) in [7, 11) is 0. The van der Waals surface area contributed by atoms with Crippen LogP contribution in [-0.4, -0.2) is 5.91 Å². The van der Waals surface area contributed by atoms with Gasteiger partial charge in [0, 0.05) is 33.4 Å². The highest BCUT2D eigenvalue weighted by molar-refractivity contribution is 14.1. The van der Waals surface area contributed by atoms with Crippen molar-refractivity contribution in [1.82, 2.24) is 5.32 Å². The molecular weight excluding hydrogens is 382 g/mol. The van der Waals surface area contributed by atoms with Gasteiger partial charge < -0.3 is 5.32 Å². The van der Waals surface area contributed by atoms with Gasteiger partial charge in [-0.2, -0.15) is 0 Å². The predicted molar refractivity (Wildman–Crippen MR) is 76.6 cm³/mol. The van der Waals surface area contributed by atoms with E-state index < -0.39 is 23.4 Å². The maximum absolute atomic E-state index is 13.4. The molecule has 0 fully saturated rings. The van der Waals surface area contributed by atoms with Gasteiger partial charge in [0.1, 0.15) is 17.5 Å². The average molecular weight is 391 g/mol. The summed E-state index contributed by atoms with van der Waals surface area (Å²) >= 11 is 2.10. The van der Waals surface area contributed by atoms with E-state index in [2.05, 4.69) is 27.9 Å². The Bertz CT molecular complexity index is 620. The number of hydrogen-bond acceptors (Lipinski definition) is 1. The first-order chi connectivity index (χ1) is 9.47. The van der Waals surface area contributed by atoms with Crippen molar-refractivity contribution in [3.8, 4) is 0 Å². The van der Waals surface area contributed by atoms with Gasteiger partial charge in [0.25, 0.3) is 5.91 Å². The Kier molecular flexibility index (Phi) is 4.64. The molecule has 0 saturated carbocycles. The highest BCUT2D eigenvalue weighted by Crippen LogP contribution is 2.15. The zero-order valence-electron chi connectivity index (χ0n) is 10.1. The number of amides is 1. The lowest BCUT2D eigenvalue weighted by Crippen LogP contribution is -2.24. The smallest absolute Gasteiger partial charge is 0.251 e. The molecule has 0 aliphatic rings. The van der Waals surface area contributed by atoms with Crippen LogP contribution in [-0.2, 0) is 6.54 Å². The summed E-state index contributed by atoms with van der Waals surface area (Å²) in [5.41, 5.74) is 0.0126. The third-order valence-electron chi connectivity index (χ3n) is 2.64. The molecule has 0 radical (unpaired) electrons. The fraction of sp³-hybridized carbons (Fsp3) is 0.0714. The van der Waals surface area contributed by atoms with Gasteiger partial charge in [-0.1, -0.05) is 0 Å². The van der Waals surface area contributed by atoms with Gasteiger partial charge in [0.2, 0.25) is 0 Å². The fourth-order valence-electron chi connectivity index (χ4n) is 1.61. The molecule has 0 atom stereocenters. The molecule has 0 bridgehead atoms. The quantitative estimate of drug-likeness (QED) is 0.796. The molecule has 2 aromatic rings. The van der Waals surface area contributed by atoms with Gasteiger partial charge in [-0.05, 0) is 46.9 Å². The lowest BCUT2D eigenvalue weighted by atomic mass is 10.1. The molecule has 0 spiro atoms. The molecule has 0 aromatic heterocycles. The molecule has 0 unspecified atom stereocenters. The number of halogens is 4. The molecule has 1 N–H and O–H groups in total. The van der Waals surface area contributed by atoms with E-state index in [0.29, 0.717) is 17.7 Å². The normalized spacial score (nSPS) is 10.4. The Labute approximate surface area is 127 Å². The van der Waals surface area contributed by atoms with Crippen LogP contribution < -0.4 is 5.32 Å². The predicted octanol–water partition coefficient (Wildman–Crippen LogP) is 3.64. The van der Waals surface area contributed by atoms with E-state index in [-0.39, 0.29) is 12.1 Å². The molecule has 104 valence electrons. The van der Waals surface area contributed by atoms with Crippen LogP contribution in [0.1, 0.15) is 15.9 Å². The molecule has 0 saturated heterocycles. The standard InChI is InChI=1S/C14H9F3INO/c15-9-5-12(16)11(13(17)6-9)7-19-14(20)8-1-3-10(18)4-2-8/h1-6H,7H2,(H,19,20). The van der Waals surface area contributed by atoms with Gasteiger partial charge in [0.05, 0.1) is 0 Å². The van der Waals surface area contributed by atoms with Crippen LogP contribution in [0, 0.1) is 21.0 Å². The summed E-state index contributed by atoms with van der Waals surface area (Å²) in [5.74, 6) is -3.49. The molecular formula is C14H9F3INO. The molecule has 2 rings (SSSR count). The van der Waals surface area contributed by atoms with Crippen LogP contribution in [0.3, 0.4) is 0 Å². The van der Waals surface area contributed by atoms with Crippen molar-refractivity contribution < 1.29 is 18.0 Å². The molecule has 1 amide bonds. The summed E-state index contributed by atoms with van der Waals surface area (Å²) in [6.07, 6.45) is 0. The molecule has 20 heavy (non-hydrogen) atoms. The van der Waals surface area contributed by atoms with Crippen LogP contribution in [0.2, 0.25) is 0 Å². The summed E-state index contributed by atoms with van der Waals surface area (Å²) in [6, 6.07) is 7.86. The summed E-state index contributed by atoms with van der Waals surface area (Å²) in [4.78, 5) is 11.8. The van der Waals surface area contributed by atoms with Crippen LogP contribution in [0.4, 0.5) is 13.2 Å². The number of hydrogen-bond donors (Lipinski definition) is 1. The molecule has 2 aromatic carbocycles. The van der Waals surface area contributed by atoms with E-state index in [1.807, 2.05) is 0 Å². The Morgan fingerprint density at radius 2 is 1.60 bits per heavy atom. The molecule has 0 aliphatic heterocycles. The molecule has 6 heteroatoms. The van der Waals surface area contributed by atoms with Gasteiger partial charge in [-0.25, -0.2) is 13.2 Å². The maximum Gasteiger partial charge on any atom is 0.251 e. The Hall–Kier alpha value is -1.57. The second kappa shape index (κ2) is 6.25. The van der Waals surface area contributed by atoms with Gasteiger partial charge in [0.15, 0.2) is 0 Å². The Morgan fingerprint density at radius 1 is 1.05 bits per heavy atom. The fourth-order valence-corrected chi connectivity index (χ4v) is 1.97. The number of rotatable bonds is 3. The van der Waals surface area contributed by atoms with Crippen LogP contribution in [0.25, 0.3) is 0 Å². The zero-order chi connectivity index (χ0) is 14.7. The van der Waals surface area contributed by atoms with Gasteiger partial charge in [-0.15, -0.1) is 0 Å². The number of nitrogens with one attached hydrogen (secondary N) is 1. The number of benzene rings is 2. The van der Waals surface area contributed by atoms with Gasteiger partial charge in [-0.3, -0.25) is 4.79 Å². The van der Waals surface area contributed by atoms with Crippen molar-refractivity contribution in [1.29, 1.82) is 0 Å². The van der Waals surface area contributed by atoms with Crippen molar-refractivity contribution in [3.05, 3.63) is 68.5 Å². The topological polar surface area (TPSA) is 29.1 Å². The first-order valence-electron chi connectivity index (χ1n) is 5.64. The number of carbonyl (C=O) groups is 1. The summed E-state index contributed by atoms with van der Waals surface area (Å²) in [5, 5.41) is 2.39. The molecule has 0 heterocycles. The van der Waals surface area contributed by atoms with E-state index in [1.54, 1.807) is 24.3 Å². The van der Waals surface area contributed by atoms with Crippen molar-refractivity contribution in [2.45, 2.75) is 6.54 Å². The second-order valence-corrected chi connectivity index (χ2v) is 5.28. The third-order valence-corrected chi connectivity index (χ3v) is 3.36. The zero-order valence-corrected chi connectivity index (χ0v) is 12.2. The first kappa shape index (κ1) is 14.8.